The summed E-state index contributed by atoms with van der Waals surface area (Å²) in [5, 5.41) is 11.6. The molecule has 0 aromatic rings. The number of aliphatic hydroxyl groups excluding tert-OH is 1. The van der Waals surface area contributed by atoms with Crippen LogP contribution < -0.4 is 0 Å². The maximum atomic E-state index is 14.0. The highest BCUT2D eigenvalue weighted by atomic mass is 16.3. The fraction of sp³-hybridized carbons (Fsp3) is 0.786. The van der Waals surface area contributed by atoms with E-state index in [1.807, 2.05) is 20.8 Å². The standard InChI is InChI=1S/C28H38O5/c1-24(2)18-11-16(30)23-22(26(18,4)10-8-20(24)32)17(31)14-27(5)19(12-21(33)28(23,27)6)25(3)9-7-15(29)13-25/h16,18-19,30H,7-14H2,1-6H3. The van der Waals surface area contributed by atoms with Crippen molar-refractivity contribution in [2.75, 3.05) is 0 Å². The number of fused-ring (bicyclic) bond motifs is 4. The van der Waals surface area contributed by atoms with E-state index < -0.39 is 27.8 Å². The number of allylic oxidation sites excluding steroid dienone is 1. The Bertz CT molecular complexity index is 1030. The van der Waals surface area contributed by atoms with Crippen molar-refractivity contribution in [3.63, 3.8) is 0 Å². The van der Waals surface area contributed by atoms with Crippen LogP contribution in [0.2, 0.25) is 0 Å². The van der Waals surface area contributed by atoms with Crippen LogP contribution in [0.1, 0.15) is 92.9 Å². The minimum absolute atomic E-state index is 0.0361. The first kappa shape index (κ1) is 23.1. The van der Waals surface area contributed by atoms with Crippen LogP contribution in [0.3, 0.4) is 0 Å². The Kier molecular flexibility index (Phi) is 4.58. The zero-order valence-electron chi connectivity index (χ0n) is 21.0. The third-order valence-corrected chi connectivity index (χ3v) is 11.5. The van der Waals surface area contributed by atoms with Crippen LogP contribution in [0.15, 0.2) is 11.1 Å². The van der Waals surface area contributed by atoms with E-state index in [1.54, 1.807) is 0 Å². The number of rotatable bonds is 1. The van der Waals surface area contributed by atoms with Gasteiger partial charge in [-0.25, -0.2) is 0 Å². The monoisotopic (exact) mass is 454 g/mol. The van der Waals surface area contributed by atoms with Gasteiger partial charge in [-0.3, -0.25) is 19.2 Å². The van der Waals surface area contributed by atoms with Crippen molar-refractivity contribution in [1.29, 1.82) is 0 Å². The third kappa shape index (κ3) is 2.58. The van der Waals surface area contributed by atoms with E-state index in [9.17, 15) is 24.3 Å². The number of ketones is 4. The van der Waals surface area contributed by atoms with E-state index in [2.05, 4.69) is 20.8 Å². The molecule has 5 nitrogen and oxygen atoms in total. The van der Waals surface area contributed by atoms with Crippen molar-refractivity contribution in [2.45, 2.75) is 99.0 Å². The summed E-state index contributed by atoms with van der Waals surface area (Å²) >= 11 is 0. The number of carbonyl (C=O) groups excluding carboxylic acids is 4. The lowest BCUT2D eigenvalue weighted by molar-refractivity contribution is -0.147. The summed E-state index contributed by atoms with van der Waals surface area (Å²) in [5.74, 6) is 0.378. The molecule has 5 heteroatoms. The highest BCUT2D eigenvalue weighted by Gasteiger charge is 2.72. The second kappa shape index (κ2) is 6.53. The van der Waals surface area contributed by atoms with Gasteiger partial charge in [0, 0.05) is 48.5 Å². The Morgan fingerprint density at radius 3 is 2.09 bits per heavy atom. The molecule has 0 aliphatic heterocycles. The van der Waals surface area contributed by atoms with Crippen molar-refractivity contribution >= 4 is 23.1 Å². The molecular weight excluding hydrogens is 416 g/mol. The van der Waals surface area contributed by atoms with Gasteiger partial charge in [0.25, 0.3) is 0 Å². The van der Waals surface area contributed by atoms with E-state index in [0.717, 1.165) is 6.42 Å². The second-order valence-corrected chi connectivity index (χ2v) is 13.3. The van der Waals surface area contributed by atoms with E-state index in [-0.39, 0.29) is 46.8 Å². The molecule has 0 aromatic heterocycles. The Labute approximate surface area is 196 Å². The van der Waals surface area contributed by atoms with Gasteiger partial charge in [-0.1, -0.05) is 34.6 Å². The first-order valence-electron chi connectivity index (χ1n) is 12.7. The van der Waals surface area contributed by atoms with Gasteiger partial charge in [-0.05, 0) is 54.4 Å². The normalized spacial score (nSPS) is 49.2. The van der Waals surface area contributed by atoms with Crippen molar-refractivity contribution in [3.8, 4) is 0 Å². The fourth-order valence-electron chi connectivity index (χ4n) is 9.41. The number of hydrogen-bond acceptors (Lipinski definition) is 5. The molecule has 0 saturated heterocycles. The molecule has 5 aliphatic carbocycles. The fourth-order valence-corrected chi connectivity index (χ4v) is 9.41. The highest BCUT2D eigenvalue weighted by Crippen LogP contribution is 2.72. The summed E-state index contributed by atoms with van der Waals surface area (Å²) in [5.41, 5.74) is -1.67. The van der Waals surface area contributed by atoms with Gasteiger partial charge in [0.15, 0.2) is 5.78 Å². The minimum atomic E-state index is -0.922. The largest absolute Gasteiger partial charge is 0.389 e. The number of hydrogen-bond donors (Lipinski definition) is 1. The first-order chi connectivity index (χ1) is 15.1. The van der Waals surface area contributed by atoms with Crippen LogP contribution in [0.5, 0.6) is 0 Å². The molecule has 7 atom stereocenters. The second-order valence-electron chi connectivity index (χ2n) is 13.3. The average Bonchev–Trinajstić information content (AvgIpc) is 3.16. The molecule has 3 saturated carbocycles. The molecule has 0 spiro atoms. The molecule has 5 aliphatic rings. The molecule has 0 amide bonds. The van der Waals surface area contributed by atoms with Crippen molar-refractivity contribution in [1.82, 2.24) is 0 Å². The Morgan fingerprint density at radius 1 is 0.818 bits per heavy atom. The minimum Gasteiger partial charge on any atom is -0.389 e. The molecular formula is C28H38O5. The zero-order chi connectivity index (χ0) is 24.4. The van der Waals surface area contributed by atoms with E-state index >= 15 is 0 Å². The Balaban J connectivity index is 1.70. The Morgan fingerprint density at radius 2 is 1.48 bits per heavy atom. The van der Waals surface area contributed by atoms with Crippen molar-refractivity contribution in [2.24, 2.45) is 38.9 Å². The molecule has 180 valence electrons. The molecule has 3 fully saturated rings. The summed E-state index contributed by atoms with van der Waals surface area (Å²) in [4.78, 5) is 52.9. The van der Waals surface area contributed by atoms with Gasteiger partial charge in [-0.15, -0.1) is 0 Å². The predicted octanol–water partition coefficient (Wildman–Crippen LogP) is 4.39. The van der Waals surface area contributed by atoms with E-state index in [1.165, 1.54) is 0 Å². The molecule has 1 N–H and O–H groups in total. The van der Waals surface area contributed by atoms with Crippen LogP contribution in [0, 0.1) is 38.9 Å². The van der Waals surface area contributed by atoms with Crippen LogP contribution in [-0.2, 0) is 19.2 Å². The summed E-state index contributed by atoms with van der Waals surface area (Å²) in [6.07, 6.45) is 2.91. The maximum absolute atomic E-state index is 14.0. The van der Waals surface area contributed by atoms with Gasteiger partial charge < -0.3 is 5.11 Å². The van der Waals surface area contributed by atoms with Crippen LogP contribution in [0.25, 0.3) is 0 Å². The van der Waals surface area contributed by atoms with Gasteiger partial charge in [-0.2, -0.15) is 0 Å². The number of aliphatic hydroxyl groups is 1. The summed E-state index contributed by atoms with van der Waals surface area (Å²) in [6.45, 7) is 12.1. The lowest BCUT2D eigenvalue weighted by Gasteiger charge is -2.60. The highest BCUT2D eigenvalue weighted by molar-refractivity contribution is 6.05. The van der Waals surface area contributed by atoms with Gasteiger partial charge in [0.1, 0.15) is 17.3 Å². The molecule has 0 aromatic carbocycles. The average molecular weight is 455 g/mol. The molecule has 7 unspecified atom stereocenters. The van der Waals surface area contributed by atoms with Crippen LogP contribution in [-0.4, -0.2) is 34.3 Å². The van der Waals surface area contributed by atoms with Gasteiger partial charge >= 0.3 is 0 Å². The molecule has 5 rings (SSSR count). The summed E-state index contributed by atoms with van der Waals surface area (Å²) in [7, 11) is 0. The van der Waals surface area contributed by atoms with Crippen LogP contribution in [0.4, 0.5) is 0 Å². The van der Waals surface area contributed by atoms with E-state index in [0.29, 0.717) is 49.7 Å². The lowest BCUT2D eigenvalue weighted by Crippen LogP contribution is -2.60. The predicted molar refractivity (Wildman–Crippen MR) is 123 cm³/mol. The number of Topliss-reactive ketones (excluding diaryl/α,β-unsaturated/α-hetero) is 4. The smallest absolute Gasteiger partial charge is 0.160 e. The lowest BCUT2D eigenvalue weighted by atomic mass is 9.42. The SMILES string of the molecule is CC1(C2CC(=O)C3(C)C4=C(C(=O)CC23C)C2(C)CCC(=O)C(C)(C)C2CC4O)CCC(=O)C1. The summed E-state index contributed by atoms with van der Waals surface area (Å²) < 4.78 is 0. The topological polar surface area (TPSA) is 88.5 Å². The Hall–Kier alpha value is -1.62. The molecule has 0 radical (unpaired) electrons. The molecule has 0 heterocycles. The molecule has 0 bridgehead atoms. The van der Waals surface area contributed by atoms with Crippen molar-refractivity contribution in [3.05, 3.63) is 11.1 Å². The quantitative estimate of drug-likeness (QED) is 0.635. The van der Waals surface area contributed by atoms with Crippen LogP contribution >= 0.6 is 0 Å². The van der Waals surface area contributed by atoms with E-state index in [4.69, 9.17) is 0 Å². The van der Waals surface area contributed by atoms with Gasteiger partial charge in [0.2, 0.25) is 0 Å². The first-order valence-corrected chi connectivity index (χ1v) is 12.7. The third-order valence-electron chi connectivity index (χ3n) is 11.5. The molecule has 33 heavy (non-hydrogen) atoms. The number of carbonyl (C=O) groups is 4. The maximum Gasteiger partial charge on any atom is 0.160 e. The zero-order valence-corrected chi connectivity index (χ0v) is 21.0. The summed E-state index contributed by atoms with van der Waals surface area (Å²) in [6, 6.07) is 0. The van der Waals surface area contributed by atoms with Gasteiger partial charge in [0.05, 0.1) is 11.5 Å². The van der Waals surface area contributed by atoms with Crippen molar-refractivity contribution < 1.29 is 24.3 Å².